The number of rotatable bonds is 14. The predicted octanol–water partition coefficient (Wildman–Crippen LogP) is 1.17. The first-order valence-electron chi connectivity index (χ1n) is 9.32. The predicted molar refractivity (Wildman–Crippen MR) is 103 cm³/mol. The summed E-state index contributed by atoms with van der Waals surface area (Å²) in [6.07, 6.45) is 3.36. The standard InChI is InChI=1S/C16H28N6O4S/c17-22-19-6-8-26-10-9-25-7-5-18-14(23)4-2-1-3-13-15-12(11-27-13)20-16(24)21-15/h12-13,15H,1-11H2,(H,18,23)(H2,20,21,24)/t12-,13-,15+/m0/s1. The Morgan fingerprint density at radius 1 is 1.26 bits per heavy atom. The number of nitrogens with zero attached hydrogens (tertiary/aromatic N) is 3. The van der Waals surface area contributed by atoms with E-state index in [9.17, 15) is 9.59 Å². The molecule has 0 spiro atoms. The number of hydrogen-bond acceptors (Lipinski definition) is 6. The zero-order valence-electron chi connectivity index (χ0n) is 15.4. The molecule has 0 aromatic rings. The Morgan fingerprint density at radius 3 is 2.89 bits per heavy atom. The van der Waals surface area contributed by atoms with Crippen molar-refractivity contribution >= 4 is 23.7 Å². The molecular weight excluding hydrogens is 372 g/mol. The van der Waals surface area contributed by atoms with E-state index in [1.54, 1.807) is 0 Å². The Hall–Kier alpha value is -1.68. The van der Waals surface area contributed by atoms with Gasteiger partial charge in [0.2, 0.25) is 5.91 Å². The van der Waals surface area contributed by atoms with Crippen molar-refractivity contribution in [2.75, 3.05) is 45.3 Å². The van der Waals surface area contributed by atoms with Crippen molar-refractivity contribution in [3.8, 4) is 0 Å². The van der Waals surface area contributed by atoms with Crippen LogP contribution in [0.2, 0.25) is 0 Å². The molecule has 0 aliphatic carbocycles. The van der Waals surface area contributed by atoms with Crippen molar-refractivity contribution in [3.05, 3.63) is 10.4 Å². The van der Waals surface area contributed by atoms with Crippen molar-refractivity contribution in [2.24, 2.45) is 5.11 Å². The van der Waals surface area contributed by atoms with Gasteiger partial charge in [0, 0.05) is 35.4 Å². The Balaban J connectivity index is 1.38. The van der Waals surface area contributed by atoms with Gasteiger partial charge in [0.1, 0.15) is 0 Å². The largest absolute Gasteiger partial charge is 0.379 e. The van der Waals surface area contributed by atoms with E-state index in [1.165, 1.54) is 0 Å². The van der Waals surface area contributed by atoms with E-state index in [0.29, 0.717) is 51.2 Å². The van der Waals surface area contributed by atoms with Gasteiger partial charge in [0.05, 0.1) is 38.5 Å². The van der Waals surface area contributed by atoms with Crippen LogP contribution in [0.1, 0.15) is 25.7 Å². The van der Waals surface area contributed by atoms with E-state index in [0.717, 1.165) is 25.0 Å². The number of unbranched alkanes of at least 4 members (excludes halogenated alkanes) is 1. The van der Waals surface area contributed by atoms with Crippen molar-refractivity contribution in [2.45, 2.75) is 43.0 Å². The second-order valence-electron chi connectivity index (χ2n) is 6.40. The molecule has 3 amide bonds. The number of nitrogens with one attached hydrogen (secondary N) is 3. The third-order valence-corrected chi connectivity index (χ3v) is 5.93. The van der Waals surface area contributed by atoms with Crippen LogP contribution in [0.3, 0.4) is 0 Å². The summed E-state index contributed by atoms with van der Waals surface area (Å²) in [7, 11) is 0. The number of fused-ring (bicyclic) bond motifs is 1. The van der Waals surface area contributed by atoms with Crippen molar-refractivity contribution < 1.29 is 19.1 Å². The van der Waals surface area contributed by atoms with E-state index in [2.05, 4.69) is 26.0 Å². The summed E-state index contributed by atoms with van der Waals surface area (Å²) in [5.74, 6) is 1.00. The summed E-state index contributed by atoms with van der Waals surface area (Å²) in [6, 6.07) is 0.431. The van der Waals surface area contributed by atoms with Gasteiger partial charge < -0.3 is 25.4 Å². The smallest absolute Gasteiger partial charge is 0.315 e. The lowest BCUT2D eigenvalue weighted by molar-refractivity contribution is -0.121. The second-order valence-corrected chi connectivity index (χ2v) is 7.67. The number of hydrogen-bond donors (Lipinski definition) is 3. The summed E-state index contributed by atoms with van der Waals surface area (Å²) in [6.45, 7) is 2.51. The molecule has 152 valence electrons. The van der Waals surface area contributed by atoms with Crippen LogP contribution in [0, 0.1) is 0 Å². The SMILES string of the molecule is [N-]=[N+]=NCCOCCOCCNC(=O)CCCC[C@@H]1SC[C@@H]2NC(=O)N[C@H]21. The third-order valence-electron chi connectivity index (χ3n) is 4.42. The number of amides is 3. The minimum atomic E-state index is -0.0587. The maximum absolute atomic E-state index is 11.8. The fourth-order valence-electron chi connectivity index (χ4n) is 3.10. The van der Waals surface area contributed by atoms with Gasteiger partial charge in [-0.05, 0) is 18.4 Å². The molecule has 0 saturated carbocycles. The number of carbonyl (C=O) groups is 2. The molecule has 2 fully saturated rings. The summed E-state index contributed by atoms with van der Waals surface area (Å²) in [5, 5.41) is 12.6. The molecule has 2 aliphatic heterocycles. The van der Waals surface area contributed by atoms with Crippen molar-refractivity contribution in [1.82, 2.24) is 16.0 Å². The van der Waals surface area contributed by atoms with Gasteiger partial charge in [-0.3, -0.25) is 4.79 Å². The van der Waals surface area contributed by atoms with Crippen LogP contribution in [0.15, 0.2) is 5.11 Å². The molecule has 0 aromatic carbocycles. The topological polar surface area (TPSA) is 137 Å². The Morgan fingerprint density at radius 2 is 2.07 bits per heavy atom. The van der Waals surface area contributed by atoms with Crippen LogP contribution >= 0.6 is 11.8 Å². The summed E-state index contributed by atoms with van der Waals surface area (Å²) in [4.78, 5) is 25.8. The molecule has 11 heteroatoms. The van der Waals surface area contributed by atoms with Crippen LogP contribution in [0.25, 0.3) is 10.4 Å². The monoisotopic (exact) mass is 400 g/mol. The molecule has 3 atom stereocenters. The lowest BCUT2D eigenvalue weighted by atomic mass is 10.0. The number of ether oxygens (including phenoxy) is 2. The highest BCUT2D eigenvalue weighted by molar-refractivity contribution is 8.00. The average Bonchev–Trinajstić information content (AvgIpc) is 3.20. The molecule has 2 heterocycles. The lowest BCUT2D eigenvalue weighted by Crippen LogP contribution is -2.36. The van der Waals surface area contributed by atoms with Crippen LogP contribution in [0.4, 0.5) is 4.79 Å². The highest BCUT2D eigenvalue weighted by Crippen LogP contribution is 2.33. The number of thioether (sulfide) groups is 1. The number of urea groups is 1. The van der Waals surface area contributed by atoms with Crippen molar-refractivity contribution in [1.29, 1.82) is 0 Å². The van der Waals surface area contributed by atoms with Crippen LogP contribution in [-0.4, -0.2) is 74.5 Å². The summed E-state index contributed by atoms with van der Waals surface area (Å²) < 4.78 is 10.5. The maximum atomic E-state index is 11.8. The van der Waals surface area contributed by atoms with E-state index in [-0.39, 0.29) is 24.0 Å². The second kappa shape index (κ2) is 12.7. The summed E-state index contributed by atoms with van der Waals surface area (Å²) in [5.41, 5.74) is 8.10. The van der Waals surface area contributed by atoms with Gasteiger partial charge in [-0.25, -0.2) is 4.79 Å². The lowest BCUT2D eigenvalue weighted by Gasteiger charge is -2.16. The Bertz CT molecular complexity index is 531. The first-order chi connectivity index (χ1) is 13.2. The number of azide groups is 1. The van der Waals surface area contributed by atoms with Gasteiger partial charge in [0.15, 0.2) is 0 Å². The van der Waals surface area contributed by atoms with Gasteiger partial charge in [-0.1, -0.05) is 11.5 Å². The molecule has 10 nitrogen and oxygen atoms in total. The molecule has 2 saturated heterocycles. The normalized spacial score (nSPS) is 23.3. The molecule has 0 bridgehead atoms. The van der Waals surface area contributed by atoms with E-state index >= 15 is 0 Å². The minimum Gasteiger partial charge on any atom is -0.379 e. The van der Waals surface area contributed by atoms with E-state index < -0.39 is 0 Å². The van der Waals surface area contributed by atoms with E-state index in [4.69, 9.17) is 15.0 Å². The zero-order chi connectivity index (χ0) is 19.3. The Kier molecular flexibility index (Phi) is 10.1. The quantitative estimate of drug-likeness (QED) is 0.132. The fourth-order valence-corrected chi connectivity index (χ4v) is 4.64. The zero-order valence-corrected chi connectivity index (χ0v) is 16.2. The molecule has 3 N–H and O–H groups in total. The minimum absolute atomic E-state index is 0.0389. The molecule has 27 heavy (non-hydrogen) atoms. The van der Waals surface area contributed by atoms with Gasteiger partial charge in [-0.2, -0.15) is 11.8 Å². The molecular formula is C16H28N6O4S. The van der Waals surface area contributed by atoms with Crippen LogP contribution < -0.4 is 16.0 Å². The fraction of sp³-hybridized carbons (Fsp3) is 0.875. The highest BCUT2D eigenvalue weighted by atomic mass is 32.2. The first kappa shape index (κ1) is 21.6. The molecule has 2 rings (SSSR count). The maximum Gasteiger partial charge on any atom is 0.315 e. The molecule has 0 radical (unpaired) electrons. The van der Waals surface area contributed by atoms with Crippen molar-refractivity contribution in [3.63, 3.8) is 0 Å². The third kappa shape index (κ3) is 8.25. The molecule has 0 unspecified atom stereocenters. The average molecular weight is 401 g/mol. The van der Waals surface area contributed by atoms with Crippen LogP contribution in [0.5, 0.6) is 0 Å². The number of carbonyl (C=O) groups excluding carboxylic acids is 2. The first-order valence-corrected chi connectivity index (χ1v) is 10.4. The van der Waals surface area contributed by atoms with Gasteiger partial charge in [-0.15, -0.1) is 0 Å². The molecule has 0 aromatic heterocycles. The molecule has 2 aliphatic rings. The summed E-state index contributed by atoms with van der Waals surface area (Å²) >= 11 is 1.90. The highest BCUT2D eigenvalue weighted by Gasteiger charge is 2.42. The van der Waals surface area contributed by atoms with Gasteiger partial charge in [0.25, 0.3) is 0 Å². The Labute approximate surface area is 163 Å². The van der Waals surface area contributed by atoms with Gasteiger partial charge >= 0.3 is 6.03 Å². The van der Waals surface area contributed by atoms with Crippen LogP contribution in [-0.2, 0) is 14.3 Å². The van der Waals surface area contributed by atoms with E-state index in [1.807, 2.05) is 11.8 Å².